The Morgan fingerprint density at radius 3 is 2.78 bits per heavy atom. The maximum atomic E-state index is 12.1. The average Bonchev–Trinajstić information content (AvgIpc) is 3.31. The number of carbonyl (C=O) groups excluding carboxylic acids is 1. The Balaban J connectivity index is 1.39. The van der Waals surface area contributed by atoms with Gasteiger partial charge in [-0.1, -0.05) is 48.5 Å². The van der Waals surface area contributed by atoms with Gasteiger partial charge in [-0.2, -0.15) is 5.10 Å². The van der Waals surface area contributed by atoms with Crippen LogP contribution < -0.4 is 5.43 Å². The van der Waals surface area contributed by atoms with E-state index < -0.39 is 0 Å². The van der Waals surface area contributed by atoms with Crippen LogP contribution >= 0.6 is 0 Å². The van der Waals surface area contributed by atoms with Gasteiger partial charge in [0.25, 0.3) is 0 Å². The molecule has 0 unspecified atom stereocenters. The highest BCUT2D eigenvalue weighted by atomic mass is 16.2. The third kappa shape index (κ3) is 2.75. The second-order valence-electron chi connectivity index (χ2n) is 5.88. The molecule has 2 aromatic carbocycles. The van der Waals surface area contributed by atoms with E-state index in [9.17, 15) is 4.79 Å². The van der Waals surface area contributed by atoms with Crippen molar-refractivity contribution in [2.24, 2.45) is 11.0 Å². The van der Waals surface area contributed by atoms with Gasteiger partial charge < -0.3 is 4.98 Å². The first-order valence-corrected chi connectivity index (χ1v) is 7.77. The van der Waals surface area contributed by atoms with Crippen molar-refractivity contribution in [3.8, 4) is 0 Å². The molecule has 1 aromatic heterocycles. The molecule has 0 saturated heterocycles. The second kappa shape index (κ2) is 5.72. The highest BCUT2D eigenvalue weighted by Crippen LogP contribution is 2.47. The normalized spacial score (nSPS) is 20.0. The Labute approximate surface area is 134 Å². The largest absolute Gasteiger partial charge is 0.361 e. The number of benzene rings is 2. The molecule has 114 valence electrons. The molecule has 2 atom stereocenters. The zero-order chi connectivity index (χ0) is 15.6. The number of hydrogen-bond acceptors (Lipinski definition) is 2. The summed E-state index contributed by atoms with van der Waals surface area (Å²) in [4.78, 5) is 15.3. The van der Waals surface area contributed by atoms with E-state index in [-0.39, 0.29) is 11.8 Å². The molecular formula is C19H17N3O. The minimum Gasteiger partial charge on any atom is -0.361 e. The minimum absolute atomic E-state index is 0.00468. The molecule has 1 heterocycles. The number of hydrogen-bond donors (Lipinski definition) is 2. The van der Waals surface area contributed by atoms with Crippen LogP contribution in [0.4, 0.5) is 0 Å². The lowest BCUT2D eigenvalue weighted by Gasteiger charge is -1.99. The number of hydrazone groups is 1. The molecule has 1 aliphatic rings. The quantitative estimate of drug-likeness (QED) is 0.563. The fraction of sp³-hybridized carbons (Fsp3) is 0.158. The molecule has 0 radical (unpaired) electrons. The Morgan fingerprint density at radius 2 is 1.91 bits per heavy atom. The maximum absolute atomic E-state index is 12.1. The van der Waals surface area contributed by atoms with Crippen LogP contribution in [0.2, 0.25) is 0 Å². The molecule has 1 saturated carbocycles. The van der Waals surface area contributed by atoms with E-state index >= 15 is 0 Å². The molecule has 0 aliphatic heterocycles. The zero-order valence-electron chi connectivity index (χ0n) is 12.6. The predicted octanol–water partition coefficient (Wildman–Crippen LogP) is 3.42. The smallest absolute Gasteiger partial charge is 0.243 e. The van der Waals surface area contributed by atoms with Gasteiger partial charge >= 0.3 is 0 Å². The van der Waals surface area contributed by atoms with Gasteiger partial charge in [0.15, 0.2) is 0 Å². The minimum atomic E-state index is -0.00468. The van der Waals surface area contributed by atoms with E-state index in [1.54, 1.807) is 6.21 Å². The standard InChI is InChI=1S/C19H17N3O/c23-19(17-10-16(17)13-6-2-1-3-7-13)22-21-12-14-11-20-18-9-5-4-8-15(14)18/h1-9,11-12,16-17,20H,10H2,(H,22,23)/t16-,17+/m0/s1. The number of aromatic nitrogens is 1. The summed E-state index contributed by atoms with van der Waals surface area (Å²) in [6.45, 7) is 0. The Morgan fingerprint density at radius 1 is 1.13 bits per heavy atom. The summed E-state index contributed by atoms with van der Waals surface area (Å²) in [5, 5.41) is 5.21. The summed E-state index contributed by atoms with van der Waals surface area (Å²) in [6, 6.07) is 18.2. The Bertz CT molecular complexity index is 866. The maximum Gasteiger partial charge on any atom is 0.243 e. The van der Waals surface area contributed by atoms with E-state index in [2.05, 4.69) is 27.6 Å². The van der Waals surface area contributed by atoms with Gasteiger partial charge in [-0.3, -0.25) is 4.79 Å². The summed E-state index contributed by atoms with van der Waals surface area (Å²) in [7, 11) is 0. The van der Waals surface area contributed by atoms with Crippen LogP contribution in [0.1, 0.15) is 23.5 Å². The molecule has 1 aliphatic carbocycles. The van der Waals surface area contributed by atoms with Crippen LogP contribution in [0.3, 0.4) is 0 Å². The lowest BCUT2D eigenvalue weighted by atomic mass is 10.1. The molecule has 1 fully saturated rings. The molecule has 4 heteroatoms. The van der Waals surface area contributed by atoms with E-state index in [4.69, 9.17) is 0 Å². The summed E-state index contributed by atoms with van der Waals surface area (Å²) in [5.74, 6) is 0.368. The van der Waals surface area contributed by atoms with Gasteiger partial charge in [0.2, 0.25) is 5.91 Å². The first-order valence-electron chi connectivity index (χ1n) is 7.77. The van der Waals surface area contributed by atoms with Crippen molar-refractivity contribution in [2.75, 3.05) is 0 Å². The number of nitrogens with one attached hydrogen (secondary N) is 2. The highest BCUT2D eigenvalue weighted by molar-refractivity contribution is 5.99. The van der Waals surface area contributed by atoms with Gasteiger partial charge in [0.1, 0.15) is 0 Å². The fourth-order valence-electron chi connectivity index (χ4n) is 3.00. The molecular weight excluding hydrogens is 286 g/mol. The number of para-hydroxylation sites is 1. The highest BCUT2D eigenvalue weighted by Gasteiger charge is 2.43. The van der Waals surface area contributed by atoms with Gasteiger partial charge in [-0.05, 0) is 24.0 Å². The van der Waals surface area contributed by atoms with Crippen LogP contribution in [-0.2, 0) is 4.79 Å². The Hall–Kier alpha value is -2.88. The summed E-state index contributed by atoms with van der Waals surface area (Å²) in [5.41, 5.74) is 5.92. The fourth-order valence-corrected chi connectivity index (χ4v) is 3.00. The third-order valence-electron chi connectivity index (χ3n) is 4.35. The third-order valence-corrected chi connectivity index (χ3v) is 4.35. The van der Waals surface area contributed by atoms with Crippen LogP contribution in [0.5, 0.6) is 0 Å². The van der Waals surface area contributed by atoms with Crippen LogP contribution in [0, 0.1) is 5.92 Å². The second-order valence-corrected chi connectivity index (χ2v) is 5.88. The number of H-pyrrole nitrogens is 1. The lowest BCUT2D eigenvalue weighted by molar-refractivity contribution is -0.122. The Kier molecular flexibility index (Phi) is 3.42. The van der Waals surface area contributed by atoms with Crippen molar-refractivity contribution in [1.29, 1.82) is 0 Å². The van der Waals surface area contributed by atoms with Crippen molar-refractivity contribution in [2.45, 2.75) is 12.3 Å². The number of amides is 1. The van der Waals surface area contributed by atoms with Crippen LogP contribution in [-0.4, -0.2) is 17.1 Å². The van der Waals surface area contributed by atoms with E-state index in [1.807, 2.05) is 48.7 Å². The molecule has 0 spiro atoms. The summed E-state index contributed by atoms with van der Waals surface area (Å²) < 4.78 is 0. The lowest BCUT2D eigenvalue weighted by Crippen LogP contribution is -2.20. The first kappa shape index (κ1) is 13.8. The van der Waals surface area contributed by atoms with Crippen molar-refractivity contribution in [3.63, 3.8) is 0 Å². The molecule has 1 amide bonds. The van der Waals surface area contributed by atoms with Gasteiger partial charge in [0, 0.05) is 28.6 Å². The van der Waals surface area contributed by atoms with Gasteiger partial charge in [0.05, 0.1) is 6.21 Å². The van der Waals surface area contributed by atoms with Gasteiger partial charge in [-0.15, -0.1) is 0 Å². The van der Waals surface area contributed by atoms with Crippen molar-refractivity contribution in [3.05, 3.63) is 71.9 Å². The summed E-state index contributed by atoms with van der Waals surface area (Å²) >= 11 is 0. The number of aromatic amines is 1. The van der Waals surface area contributed by atoms with Gasteiger partial charge in [-0.25, -0.2) is 5.43 Å². The molecule has 4 nitrogen and oxygen atoms in total. The monoisotopic (exact) mass is 303 g/mol. The molecule has 3 aromatic rings. The van der Waals surface area contributed by atoms with Crippen molar-refractivity contribution >= 4 is 23.0 Å². The van der Waals surface area contributed by atoms with E-state index in [0.717, 1.165) is 22.9 Å². The molecule has 2 N–H and O–H groups in total. The number of carbonyl (C=O) groups is 1. The van der Waals surface area contributed by atoms with Crippen molar-refractivity contribution in [1.82, 2.24) is 10.4 Å². The topological polar surface area (TPSA) is 57.2 Å². The van der Waals surface area contributed by atoms with E-state index in [0.29, 0.717) is 5.92 Å². The number of rotatable bonds is 4. The van der Waals surface area contributed by atoms with Crippen LogP contribution in [0.25, 0.3) is 10.9 Å². The number of nitrogens with zero attached hydrogens (tertiary/aromatic N) is 1. The number of fused-ring (bicyclic) bond motifs is 1. The molecule has 0 bridgehead atoms. The van der Waals surface area contributed by atoms with E-state index in [1.165, 1.54) is 5.56 Å². The molecule has 4 rings (SSSR count). The van der Waals surface area contributed by atoms with Crippen LogP contribution in [0.15, 0.2) is 65.9 Å². The molecule has 23 heavy (non-hydrogen) atoms. The summed E-state index contributed by atoms with van der Waals surface area (Å²) in [6.07, 6.45) is 4.49. The average molecular weight is 303 g/mol. The predicted molar refractivity (Wildman–Crippen MR) is 91.3 cm³/mol. The zero-order valence-corrected chi connectivity index (χ0v) is 12.6. The van der Waals surface area contributed by atoms with Crippen molar-refractivity contribution < 1.29 is 4.79 Å². The SMILES string of the molecule is O=C(NN=Cc1c[nH]c2ccccc12)[C@@H]1C[C@H]1c1ccccc1. The first-order chi connectivity index (χ1) is 11.3.